The van der Waals surface area contributed by atoms with Crippen LogP contribution in [0.1, 0.15) is 12.5 Å². The van der Waals surface area contributed by atoms with E-state index in [-0.39, 0.29) is 6.54 Å². The molecule has 0 aliphatic carbocycles. The maximum atomic E-state index is 11.9. The molecular weight excluding hydrogens is 332 g/mol. The molecule has 0 fully saturated rings. The van der Waals surface area contributed by atoms with Gasteiger partial charge in [0.2, 0.25) is 0 Å². The number of nitrogens with one attached hydrogen (secondary N) is 2. The molecule has 0 saturated carbocycles. The summed E-state index contributed by atoms with van der Waals surface area (Å²) >= 11 is 0. The van der Waals surface area contributed by atoms with Crippen LogP contribution in [0.2, 0.25) is 0 Å². The number of rotatable bonds is 8. The van der Waals surface area contributed by atoms with Crippen molar-refractivity contribution in [2.24, 2.45) is 0 Å². The number of ether oxygens (including phenoxy) is 2. The number of hydrogen-bond donors (Lipinski definition) is 2. The molecule has 2 amide bonds. The normalized spacial score (nSPS) is 9.88. The number of benzene rings is 2. The lowest BCUT2D eigenvalue weighted by molar-refractivity contribution is -0.136. The predicted octanol–water partition coefficient (Wildman–Crippen LogP) is 2.91. The molecule has 0 atom stereocenters. The van der Waals surface area contributed by atoms with Crippen molar-refractivity contribution in [2.45, 2.75) is 13.5 Å². The van der Waals surface area contributed by atoms with Gasteiger partial charge in [0.15, 0.2) is 0 Å². The van der Waals surface area contributed by atoms with E-state index in [0.29, 0.717) is 24.7 Å². The molecule has 0 heterocycles. The molecule has 6 nitrogen and oxygen atoms in total. The van der Waals surface area contributed by atoms with E-state index in [0.717, 1.165) is 11.3 Å². The molecule has 136 valence electrons. The first-order valence-corrected chi connectivity index (χ1v) is 8.27. The van der Waals surface area contributed by atoms with Crippen molar-refractivity contribution in [1.82, 2.24) is 5.32 Å². The summed E-state index contributed by atoms with van der Waals surface area (Å²) in [5, 5.41) is 5.12. The predicted molar refractivity (Wildman–Crippen MR) is 100 cm³/mol. The van der Waals surface area contributed by atoms with Crippen LogP contribution in [0.5, 0.6) is 11.5 Å². The van der Waals surface area contributed by atoms with Crippen molar-refractivity contribution in [3.05, 3.63) is 66.7 Å². The van der Waals surface area contributed by atoms with E-state index in [1.54, 1.807) is 30.3 Å². The molecule has 26 heavy (non-hydrogen) atoms. The van der Waals surface area contributed by atoms with Gasteiger partial charge < -0.3 is 20.1 Å². The minimum absolute atomic E-state index is 0.257. The van der Waals surface area contributed by atoms with Gasteiger partial charge >= 0.3 is 11.8 Å². The number of carbonyl (C=O) groups excluding carboxylic acids is 2. The van der Waals surface area contributed by atoms with Crippen LogP contribution in [0.25, 0.3) is 0 Å². The zero-order valence-corrected chi connectivity index (χ0v) is 14.7. The largest absolute Gasteiger partial charge is 0.494 e. The first kappa shape index (κ1) is 19.1. The summed E-state index contributed by atoms with van der Waals surface area (Å²) in [7, 11) is 0. The third-order valence-corrected chi connectivity index (χ3v) is 3.37. The Hall–Kier alpha value is -3.28. The smallest absolute Gasteiger partial charge is 0.313 e. The highest BCUT2D eigenvalue weighted by Gasteiger charge is 2.13. The van der Waals surface area contributed by atoms with Crippen LogP contribution in [0.4, 0.5) is 5.69 Å². The molecule has 2 aromatic rings. The van der Waals surface area contributed by atoms with Gasteiger partial charge in [-0.25, -0.2) is 0 Å². The highest BCUT2D eigenvalue weighted by Crippen LogP contribution is 2.15. The Bertz CT molecular complexity index is 739. The first-order chi connectivity index (χ1) is 12.6. The van der Waals surface area contributed by atoms with Gasteiger partial charge in [-0.3, -0.25) is 9.59 Å². The van der Waals surface area contributed by atoms with E-state index >= 15 is 0 Å². The van der Waals surface area contributed by atoms with Crippen LogP contribution >= 0.6 is 0 Å². The second-order valence-corrected chi connectivity index (χ2v) is 5.34. The summed E-state index contributed by atoms with van der Waals surface area (Å²) in [5.41, 5.74) is 1.38. The van der Waals surface area contributed by atoms with Gasteiger partial charge in [0.25, 0.3) is 0 Å². The van der Waals surface area contributed by atoms with Gasteiger partial charge in [-0.1, -0.05) is 24.8 Å². The highest BCUT2D eigenvalue weighted by atomic mass is 16.5. The van der Waals surface area contributed by atoms with Gasteiger partial charge in [-0.05, 0) is 48.9 Å². The van der Waals surface area contributed by atoms with Gasteiger partial charge in [0.1, 0.15) is 18.1 Å². The molecule has 0 aliphatic rings. The maximum absolute atomic E-state index is 11.9. The summed E-state index contributed by atoms with van der Waals surface area (Å²) in [6, 6.07) is 14.1. The monoisotopic (exact) mass is 354 g/mol. The summed E-state index contributed by atoms with van der Waals surface area (Å²) in [5.74, 6) is -0.00903. The topological polar surface area (TPSA) is 76.7 Å². The Morgan fingerprint density at radius 3 is 2.19 bits per heavy atom. The van der Waals surface area contributed by atoms with E-state index in [9.17, 15) is 9.59 Å². The zero-order chi connectivity index (χ0) is 18.8. The van der Waals surface area contributed by atoms with Crippen molar-refractivity contribution >= 4 is 17.5 Å². The SMILES string of the molecule is C=CCOc1ccc(NC(=O)C(=O)NCc2ccc(OCC)cc2)cc1. The molecular formula is C20H22N2O4. The Morgan fingerprint density at radius 1 is 0.962 bits per heavy atom. The third-order valence-electron chi connectivity index (χ3n) is 3.37. The fraction of sp³-hybridized carbons (Fsp3) is 0.200. The number of carbonyl (C=O) groups is 2. The summed E-state index contributed by atoms with van der Waals surface area (Å²) in [4.78, 5) is 23.9. The number of hydrogen-bond acceptors (Lipinski definition) is 4. The molecule has 0 saturated heterocycles. The molecule has 6 heteroatoms. The summed E-state index contributed by atoms with van der Waals surface area (Å²) < 4.78 is 10.7. The van der Waals surface area contributed by atoms with E-state index in [1.807, 2.05) is 31.2 Å². The second kappa shape index (κ2) is 9.88. The maximum Gasteiger partial charge on any atom is 0.313 e. The van der Waals surface area contributed by atoms with Gasteiger partial charge in [-0.15, -0.1) is 0 Å². The highest BCUT2D eigenvalue weighted by molar-refractivity contribution is 6.39. The lowest BCUT2D eigenvalue weighted by atomic mass is 10.2. The van der Waals surface area contributed by atoms with Crippen LogP contribution in [-0.2, 0) is 16.1 Å². The Morgan fingerprint density at radius 2 is 1.58 bits per heavy atom. The number of anilines is 1. The van der Waals surface area contributed by atoms with Crippen LogP contribution in [0, 0.1) is 0 Å². The minimum Gasteiger partial charge on any atom is -0.494 e. The number of amides is 2. The minimum atomic E-state index is -0.726. The Kier molecular flexibility index (Phi) is 7.24. The van der Waals surface area contributed by atoms with Crippen molar-refractivity contribution in [3.8, 4) is 11.5 Å². The van der Waals surface area contributed by atoms with E-state index in [1.165, 1.54) is 0 Å². The van der Waals surface area contributed by atoms with Crippen LogP contribution in [0.3, 0.4) is 0 Å². The van der Waals surface area contributed by atoms with E-state index in [4.69, 9.17) is 9.47 Å². The van der Waals surface area contributed by atoms with Gasteiger partial charge in [-0.2, -0.15) is 0 Å². The molecule has 0 spiro atoms. The van der Waals surface area contributed by atoms with Crippen molar-refractivity contribution in [2.75, 3.05) is 18.5 Å². The molecule has 0 radical (unpaired) electrons. The van der Waals surface area contributed by atoms with Crippen molar-refractivity contribution in [3.63, 3.8) is 0 Å². The molecule has 0 aliphatic heterocycles. The van der Waals surface area contributed by atoms with Crippen molar-refractivity contribution in [1.29, 1.82) is 0 Å². The molecule has 0 bridgehead atoms. The second-order valence-electron chi connectivity index (χ2n) is 5.34. The Balaban J connectivity index is 1.81. The summed E-state index contributed by atoms with van der Waals surface area (Å²) in [6.07, 6.45) is 1.64. The molecule has 2 aromatic carbocycles. The van der Waals surface area contributed by atoms with E-state index in [2.05, 4.69) is 17.2 Å². The lowest BCUT2D eigenvalue weighted by Gasteiger charge is -2.08. The fourth-order valence-corrected chi connectivity index (χ4v) is 2.11. The van der Waals surface area contributed by atoms with E-state index < -0.39 is 11.8 Å². The first-order valence-electron chi connectivity index (χ1n) is 8.27. The fourth-order valence-electron chi connectivity index (χ4n) is 2.11. The summed E-state index contributed by atoms with van der Waals surface area (Å²) in [6.45, 7) is 6.74. The average molecular weight is 354 g/mol. The van der Waals surface area contributed by atoms with Crippen LogP contribution in [-0.4, -0.2) is 25.0 Å². The zero-order valence-electron chi connectivity index (χ0n) is 14.7. The van der Waals surface area contributed by atoms with Gasteiger partial charge in [0.05, 0.1) is 6.61 Å². The third kappa shape index (κ3) is 5.98. The molecule has 2 rings (SSSR count). The molecule has 2 N–H and O–H groups in total. The van der Waals surface area contributed by atoms with Crippen LogP contribution in [0.15, 0.2) is 61.2 Å². The molecule has 0 aromatic heterocycles. The molecule has 0 unspecified atom stereocenters. The average Bonchev–Trinajstić information content (AvgIpc) is 2.67. The van der Waals surface area contributed by atoms with Crippen molar-refractivity contribution < 1.29 is 19.1 Å². The van der Waals surface area contributed by atoms with Gasteiger partial charge in [0, 0.05) is 12.2 Å². The van der Waals surface area contributed by atoms with Crippen LogP contribution < -0.4 is 20.1 Å². The quantitative estimate of drug-likeness (QED) is 0.564. The Labute approximate surface area is 152 Å². The standard InChI is InChI=1S/C20H22N2O4/c1-3-13-26-18-11-7-16(8-12-18)22-20(24)19(23)21-14-15-5-9-17(10-6-15)25-4-2/h3,5-12H,1,4,13-14H2,2H3,(H,21,23)(H,22,24). The lowest BCUT2D eigenvalue weighted by Crippen LogP contribution is -2.34.